The van der Waals surface area contributed by atoms with Gasteiger partial charge in [-0.25, -0.2) is 0 Å². The smallest absolute Gasteiger partial charge is 0.169 e. The van der Waals surface area contributed by atoms with E-state index in [1.54, 1.807) is 25.6 Å². The summed E-state index contributed by atoms with van der Waals surface area (Å²) < 4.78 is 11.0. The number of nitrogens with zero attached hydrogens (tertiary/aromatic N) is 1. The van der Waals surface area contributed by atoms with E-state index in [2.05, 4.69) is 46.8 Å². The quantitative estimate of drug-likeness (QED) is 0.584. The third-order valence-corrected chi connectivity index (χ3v) is 6.06. The minimum Gasteiger partial charge on any atom is -0.493 e. The Hall–Kier alpha value is -1.79. The number of thiophene rings is 1. The fourth-order valence-electron chi connectivity index (χ4n) is 3.39. The van der Waals surface area contributed by atoms with Gasteiger partial charge < -0.3 is 19.7 Å². The van der Waals surface area contributed by atoms with Gasteiger partial charge in [-0.2, -0.15) is 0 Å². The molecule has 2 aromatic rings. The molecular weight excluding hydrogens is 364 g/mol. The molecule has 0 aliphatic carbocycles. The highest BCUT2D eigenvalue weighted by atomic mass is 32.1. The molecule has 1 atom stereocenters. The predicted octanol–water partition coefficient (Wildman–Crippen LogP) is 4.39. The van der Waals surface area contributed by atoms with Gasteiger partial charge in [0.1, 0.15) is 0 Å². The van der Waals surface area contributed by atoms with E-state index in [-0.39, 0.29) is 6.04 Å². The van der Waals surface area contributed by atoms with Crippen LogP contribution in [0.1, 0.15) is 41.8 Å². The van der Waals surface area contributed by atoms with E-state index in [0.29, 0.717) is 0 Å². The molecule has 1 aromatic carbocycles. The van der Waals surface area contributed by atoms with E-state index in [0.717, 1.165) is 49.0 Å². The summed E-state index contributed by atoms with van der Waals surface area (Å²) in [6.45, 7) is 4.00. The summed E-state index contributed by atoms with van der Waals surface area (Å²) in [6.07, 6.45) is 3.22. The van der Waals surface area contributed by atoms with Crippen molar-refractivity contribution in [3.63, 3.8) is 0 Å². The number of thiocarbonyl (C=S) groups is 1. The molecular formula is C20H26N2O2S2. The second-order valence-electron chi connectivity index (χ2n) is 6.35. The number of benzene rings is 1. The lowest BCUT2D eigenvalue weighted by Gasteiger charge is -2.39. The molecule has 1 N–H and O–H groups in total. The van der Waals surface area contributed by atoms with Gasteiger partial charge in [0.15, 0.2) is 16.6 Å². The van der Waals surface area contributed by atoms with Gasteiger partial charge in [-0.05, 0) is 59.8 Å². The van der Waals surface area contributed by atoms with Gasteiger partial charge in [0.05, 0.1) is 20.3 Å². The molecule has 26 heavy (non-hydrogen) atoms. The van der Waals surface area contributed by atoms with Gasteiger partial charge in [0.25, 0.3) is 0 Å². The molecule has 6 heteroatoms. The Labute approximate surface area is 165 Å². The van der Waals surface area contributed by atoms with Crippen LogP contribution in [0.3, 0.4) is 0 Å². The highest BCUT2D eigenvalue weighted by Crippen LogP contribution is 2.42. The molecule has 1 aromatic heterocycles. The second kappa shape index (κ2) is 8.73. The van der Waals surface area contributed by atoms with Gasteiger partial charge in [0.2, 0.25) is 0 Å². The largest absolute Gasteiger partial charge is 0.493 e. The van der Waals surface area contributed by atoms with Gasteiger partial charge in [0, 0.05) is 18.0 Å². The first-order valence-electron chi connectivity index (χ1n) is 9.02. The summed E-state index contributed by atoms with van der Waals surface area (Å²) >= 11 is 7.51. The molecule has 0 spiro atoms. The van der Waals surface area contributed by atoms with Gasteiger partial charge in [-0.3, -0.25) is 0 Å². The summed E-state index contributed by atoms with van der Waals surface area (Å²) in [6, 6.07) is 8.61. The number of hydrogen-bond acceptors (Lipinski definition) is 4. The van der Waals surface area contributed by atoms with E-state index in [4.69, 9.17) is 21.7 Å². The zero-order valence-electron chi connectivity index (χ0n) is 15.6. The first-order valence-corrected chi connectivity index (χ1v) is 10.3. The van der Waals surface area contributed by atoms with Crippen LogP contribution in [-0.4, -0.2) is 37.3 Å². The summed E-state index contributed by atoms with van der Waals surface area (Å²) in [7, 11) is 3.37. The van der Waals surface area contributed by atoms with Gasteiger partial charge in [-0.15, -0.1) is 11.3 Å². The SMILES string of the molecule is CCCCNC(=S)N1CCc2cc(OC)c(OC)cc2[C@@H]1c1cccs1. The van der Waals surface area contributed by atoms with Crippen LogP contribution in [0.15, 0.2) is 29.6 Å². The van der Waals surface area contributed by atoms with Crippen molar-refractivity contribution in [2.75, 3.05) is 27.3 Å². The minimum absolute atomic E-state index is 0.111. The lowest BCUT2D eigenvalue weighted by atomic mass is 9.91. The van der Waals surface area contributed by atoms with E-state index >= 15 is 0 Å². The fraction of sp³-hybridized carbons (Fsp3) is 0.450. The highest BCUT2D eigenvalue weighted by molar-refractivity contribution is 7.80. The summed E-state index contributed by atoms with van der Waals surface area (Å²) in [5.74, 6) is 1.55. The Morgan fingerprint density at radius 3 is 2.73 bits per heavy atom. The van der Waals surface area contributed by atoms with Crippen molar-refractivity contribution in [1.82, 2.24) is 10.2 Å². The van der Waals surface area contributed by atoms with Crippen molar-refractivity contribution >= 4 is 28.7 Å². The van der Waals surface area contributed by atoms with Crippen LogP contribution in [0.5, 0.6) is 11.5 Å². The second-order valence-corrected chi connectivity index (χ2v) is 7.72. The molecule has 0 fully saturated rings. The molecule has 2 heterocycles. The molecule has 0 bridgehead atoms. The van der Waals surface area contributed by atoms with Crippen LogP contribution >= 0.6 is 23.6 Å². The van der Waals surface area contributed by atoms with Crippen LogP contribution in [-0.2, 0) is 6.42 Å². The average molecular weight is 391 g/mol. The van der Waals surface area contributed by atoms with E-state index in [1.807, 2.05) is 0 Å². The van der Waals surface area contributed by atoms with Crippen molar-refractivity contribution in [2.45, 2.75) is 32.2 Å². The first kappa shape index (κ1) is 19.0. The number of fused-ring (bicyclic) bond motifs is 1. The summed E-state index contributed by atoms with van der Waals surface area (Å²) in [4.78, 5) is 3.60. The Kier molecular flexibility index (Phi) is 6.38. The minimum atomic E-state index is 0.111. The monoisotopic (exact) mass is 390 g/mol. The molecule has 1 aliphatic heterocycles. The maximum absolute atomic E-state index is 5.74. The highest BCUT2D eigenvalue weighted by Gasteiger charge is 2.32. The fourth-order valence-corrected chi connectivity index (χ4v) is 4.55. The lowest BCUT2D eigenvalue weighted by Crippen LogP contribution is -2.45. The maximum atomic E-state index is 5.74. The van der Waals surface area contributed by atoms with Crippen LogP contribution < -0.4 is 14.8 Å². The van der Waals surface area contributed by atoms with Crippen molar-refractivity contribution in [3.05, 3.63) is 45.6 Å². The predicted molar refractivity (Wildman–Crippen MR) is 112 cm³/mol. The van der Waals surface area contributed by atoms with Gasteiger partial charge >= 0.3 is 0 Å². The third-order valence-electron chi connectivity index (χ3n) is 4.75. The van der Waals surface area contributed by atoms with Crippen molar-refractivity contribution < 1.29 is 9.47 Å². The molecule has 0 saturated carbocycles. The van der Waals surface area contributed by atoms with Gasteiger partial charge in [-0.1, -0.05) is 19.4 Å². The Morgan fingerprint density at radius 2 is 2.08 bits per heavy atom. The van der Waals surface area contributed by atoms with E-state index in [1.165, 1.54) is 16.0 Å². The third kappa shape index (κ3) is 3.81. The number of ether oxygens (including phenoxy) is 2. The number of methoxy groups -OCH3 is 2. The number of nitrogens with one attached hydrogen (secondary N) is 1. The topological polar surface area (TPSA) is 33.7 Å². The van der Waals surface area contributed by atoms with E-state index in [9.17, 15) is 0 Å². The number of rotatable bonds is 6. The summed E-state index contributed by atoms with van der Waals surface area (Å²) in [5.41, 5.74) is 2.55. The van der Waals surface area contributed by atoms with Crippen LogP contribution in [0.4, 0.5) is 0 Å². The number of unbranched alkanes of at least 4 members (excludes halogenated alkanes) is 1. The standard InChI is InChI=1S/C20H26N2O2S2/c1-4-5-9-21-20(25)22-10-8-14-12-16(23-2)17(24-3)13-15(14)19(22)18-7-6-11-26-18/h6-7,11-13,19H,4-5,8-10H2,1-3H3,(H,21,25)/t19-/m1/s1. The Morgan fingerprint density at radius 1 is 1.31 bits per heavy atom. The zero-order chi connectivity index (χ0) is 18.5. The first-order chi connectivity index (χ1) is 12.7. The molecule has 0 amide bonds. The molecule has 0 unspecified atom stereocenters. The molecule has 3 rings (SSSR count). The van der Waals surface area contributed by atoms with Crippen molar-refractivity contribution in [2.24, 2.45) is 0 Å². The molecule has 0 saturated heterocycles. The van der Waals surface area contributed by atoms with Crippen LogP contribution in [0.25, 0.3) is 0 Å². The van der Waals surface area contributed by atoms with Crippen LogP contribution in [0.2, 0.25) is 0 Å². The summed E-state index contributed by atoms with van der Waals surface area (Å²) in [5, 5.41) is 6.39. The molecule has 4 nitrogen and oxygen atoms in total. The Bertz CT molecular complexity index is 747. The molecule has 140 valence electrons. The average Bonchev–Trinajstić information content (AvgIpc) is 3.20. The Balaban J connectivity index is 1.98. The lowest BCUT2D eigenvalue weighted by molar-refractivity contribution is 0.327. The van der Waals surface area contributed by atoms with Crippen molar-refractivity contribution in [3.8, 4) is 11.5 Å². The molecule has 1 aliphatic rings. The molecule has 0 radical (unpaired) electrons. The van der Waals surface area contributed by atoms with E-state index < -0.39 is 0 Å². The van der Waals surface area contributed by atoms with Crippen molar-refractivity contribution in [1.29, 1.82) is 0 Å². The zero-order valence-corrected chi connectivity index (χ0v) is 17.2. The normalized spacial score (nSPS) is 16.1. The van der Waals surface area contributed by atoms with Crippen LogP contribution in [0, 0.1) is 0 Å². The number of hydrogen-bond donors (Lipinski definition) is 1. The maximum Gasteiger partial charge on any atom is 0.169 e.